The fourth-order valence-electron chi connectivity index (χ4n) is 1.16. The summed E-state index contributed by atoms with van der Waals surface area (Å²) in [5.41, 5.74) is 1.91. The van der Waals surface area contributed by atoms with Crippen LogP contribution in [-0.2, 0) is 17.9 Å². The molecule has 0 unspecified atom stereocenters. The van der Waals surface area contributed by atoms with Crippen molar-refractivity contribution in [2.45, 2.75) is 26.4 Å². The van der Waals surface area contributed by atoms with Crippen molar-refractivity contribution in [3.63, 3.8) is 0 Å². The number of carbonyl (C=O) groups excluding carboxylic acids is 1. The fraction of sp³-hybridized carbons (Fsp3) is 0.500. The molecule has 0 aliphatic carbocycles. The van der Waals surface area contributed by atoms with Crippen LogP contribution in [0.15, 0.2) is 17.2 Å². The molecule has 78 valence electrons. The maximum atomic E-state index is 11.5. The summed E-state index contributed by atoms with van der Waals surface area (Å²) in [5.74, 6) is 4.64. The predicted molar refractivity (Wildman–Crippen MR) is 51.3 cm³/mol. The van der Waals surface area contributed by atoms with E-state index in [4.69, 9.17) is 5.84 Å². The summed E-state index contributed by atoms with van der Waals surface area (Å²) in [6.45, 7) is 2.88. The number of nitrogens with zero attached hydrogens (tertiary/aromatic N) is 2. The highest BCUT2D eigenvalue weighted by atomic mass is 16.2. The first-order chi connectivity index (χ1) is 6.69. The Balaban J connectivity index is 2.64. The van der Waals surface area contributed by atoms with Crippen molar-refractivity contribution in [2.75, 3.05) is 0 Å². The summed E-state index contributed by atoms with van der Waals surface area (Å²) < 4.78 is 3.05. The Morgan fingerprint density at radius 2 is 2.14 bits per heavy atom. The topological polar surface area (TPSA) is 82.1 Å². The van der Waals surface area contributed by atoms with Crippen LogP contribution in [0.4, 0.5) is 0 Å². The largest absolute Gasteiger partial charge is 0.328 e. The van der Waals surface area contributed by atoms with E-state index in [-0.39, 0.29) is 18.0 Å². The van der Waals surface area contributed by atoms with Crippen molar-refractivity contribution in [3.8, 4) is 0 Å². The van der Waals surface area contributed by atoms with Gasteiger partial charge in [-0.25, -0.2) is 10.6 Å². The minimum Gasteiger partial charge on any atom is -0.300 e. The van der Waals surface area contributed by atoms with Crippen molar-refractivity contribution in [3.05, 3.63) is 22.9 Å². The first kappa shape index (κ1) is 10.5. The van der Waals surface area contributed by atoms with E-state index in [9.17, 15) is 9.59 Å². The molecule has 0 aliphatic rings. The fourth-order valence-corrected chi connectivity index (χ4v) is 1.16. The second kappa shape index (κ2) is 4.61. The first-order valence-corrected chi connectivity index (χ1v) is 4.44. The van der Waals surface area contributed by atoms with E-state index in [1.54, 1.807) is 17.0 Å². The minimum atomic E-state index is -0.277. The molecule has 14 heavy (non-hydrogen) atoms. The molecular weight excluding hydrogens is 184 g/mol. The Morgan fingerprint density at radius 1 is 1.50 bits per heavy atom. The molecule has 1 heterocycles. The molecular formula is C8H14N4O2. The van der Waals surface area contributed by atoms with Gasteiger partial charge in [0, 0.05) is 31.9 Å². The number of hydrogen-bond donors (Lipinski definition) is 2. The molecule has 1 aromatic heterocycles. The normalized spacial score (nSPS) is 10.1. The van der Waals surface area contributed by atoms with Crippen LogP contribution in [0.3, 0.4) is 0 Å². The average molecular weight is 198 g/mol. The molecule has 6 nitrogen and oxygen atoms in total. The van der Waals surface area contributed by atoms with Gasteiger partial charge in [0.05, 0.1) is 0 Å². The summed E-state index contributed by atoms with van der Waals surface area (Å²) in [4.78, 5) is 22.3. The second-order valence-electron chi connectivity index (χ2n) is 2.88. The van der Waals surface area contributed by atoms with Crippen molar-refractivity contribution >= 4 is 5.91 Å². The zero-order valence-electron chi connectivity index (χ0n) is 8.06. The number of nitrogens with two attached hydrogens (primary N) is 1. The summed E-state index contributed by atoms with van der Waals surface area (Å²) in [5, 5.41) is 0. The van der Waals surface area contributed by atoms with Crippen LogP contribution in [0.1, 0.15) is 13.3 Å². The van der Waals surface area contributed by atoms with Gasteiger partial charge in [-0.15, -0.1) is 0 Å². The smallest absolute Gasteiger partial charge is 0.300 e. The maximum absolute atomic E-state index is 11.5. The number of aryl methyl sites for hydroxylation is 2. The number of amides is 1. The number of aromatic nitrogens is 2. The lowest BCUT2D eigenvalue weighted by molar-refractivity contribution is -0.121. The van der Waals surface area contributed by atoms with E-state index in [2.05, 4.69) is 0 Å². The molecule has 1 rings (SSSR count). The van der Waals surface area contributed by atoms with Gasteiger partial charge in [-0.3, -0.25) is 19.4 Å². The molecule has 1 amide bonds. The predicted octanol–water partition coefficient (Wildman–Crippen LogP) is -0.950. The van der Waals surface area contributed by atoms with E-state index in [0.29, 0.717) is 13.1 Å². The van der Waals surface area contributed by atoms with Crippen LogP contribution >= 0.6 is 0 Å². The van der Waals surface area contributed by atoms with E-state index in [0.717, 1.165) is 0 Å². The van der Waals surface area contributed by atoms with Gasteiger partial charge >= 0.3 is 5.69 Å². The van der Waals surface area contributed by atoms with Crippen molar-refractivity contribution in [1.82, 2.24) is 14.6 Å². The molecule has 3 N–H and O–H groups in total. The Kier molecular flexibility index (Phi) is 3.47. The number of hydrazine groups is 1. The van der Waals surface area contributed by atoms with Crippen LogP contribution in [0.5, 0.6) is 0 Å². The third kappa shape index (κ3) is 2.23. The molecule has 0 saturated heterocycles. The highest BCUT2D eigenvalue weighted by Gasteiger charge is 2.03. The van der Waals surface area contributed by atoms with Gasteiger partial charge in [0.25, 0.3) is 0 Å². The van der Waals surface area contributed by atoms with Gasteiger partial charge in [0.2, 0.25) is 5.91 Å². The first-order valence-electron chi connectivity index (χ1n) is 4.44. The molecule has 0 atom stereocenters. The Morgan fingerprint density at radius 3 is 2.64 bits per heavy atom. The Bertz CT molecular complexity index is 366. The van der Waals surface area contributed by atoms with Gasteiger partial charge < -0.3 is 0 Å². The summed E-state index contributed by atoms with van der Waals surface area (Å²) in [7, 11) is 0. The highest BCUT2D eigenvalue weighted by Crippen LogP contribution is 1.88. The Hall–Kier alpha value is -1.56. The van der Waals surface area contributed by atoms with Crippen molar-refractivity contribution in [1.29, 1.82) is 0 Å². The van der Waals surface area contributed by atoms with E-state index in [1.807, 2.05) is 12.3 Å². The standard InChI is InChI=1S/C8H14N4O2/c1-2-11-5-6-12(8(11)14)4-3-7(13)10-9/h5-6H,2-4,9H2,1H3,(H,10,13). The average Bonchev–Trinajstić information content (AvgIpc) is 2.56. The molecule has 0 bridgehead atoms. The molecule has 0 radical (unpaired) electrons. The number of carbonyl (C=O) groups is 1. The van der Waals surface area contributed by atoms with E-state index >= 15 is 0 Å². The molecule has 0 saturated carbocycles. The molecule has 0 aromatic carbocycles. The lowest BCUT2D eigenvalue weighted by atomic mass is 10.4. The molecule has 0 spiro atoms. The second-order valence-corrected chi connectivity index (χ2v) is 2.88. The van der Waals surface area contributed by atoms with Gasteiger partial charge in [-0.1, -0.05) is 0 Å². The molecule has 0 aliphatic heterocycles. The van der Waals surface area contributed by atoms with Crippen molar-refractivity contribution < 1.29 is 4.79 Å². The maximum Gasteiger partial charge on any atom is 0.328 e. The number of hydrogen-bond acceptors (Lipinski definition) is 3. The van der Waals surface area contributed by atoms with Gasteiger partial charge in [0.1, 0.15) is 0 Å². The lowest BCUT2D eigenvalue weighted by Gasteiger charge is -2.00. The van der Waals surface area contributed by atoms with Crippen LogP contribution in [0.25, 0.3) is 0 Å². The Labute approximate surface area is 81.3 Å². The van der Waals surface area contributed by atoms with Gasteiger partial charge in [-0.2, -0.15) is 0 Å². The van der Waals surface area contributed by atoms with E-state index in [1.165, 1.54) is 4.57 Å². The third-order valence-corrected chi connectivity index (χ3v) is 2.00. The number of nitrogens with one attached hydrogen (secondary N) is 1. The quantitative estimate of drug-likeness (QED) is 0.372. The lowest BCUT2D eigenvalue weighted by Crippen LogP contribution is -2.32. The van der Waals surface area contributed by atoms with Gasteiger partial charge in [-0.05, 0) is 6.92 Å². The highest BCUT2D eigenvalue weighted by molar-refractivity contribution is 5.74. The zero-order valence-corrected chi connectivity index (χ0v) is 8.06. The monoisotopic (exact) mass is 198 g/mol. The number of rotatable bonds is 4. The SMILES string of the molecule is CCn1ccn(CCC(=O)NN)c1=O. The number of imidazole rings is 1. The molecule has 0 fully saturated rings. The molecule has 1 aromatic rings. The van der Waals surface area contributed by atoms with Crippen molar-refractivity contribution in [2.24, 2.45) is 5.84 Å². The van der Waals surface area contributed by atoms with Crippen LogP contribution < -0.4 is 17.0 Å². The van der Waals surface area contributed by atoms with E-state index < -0.39 is 0 Å². The molecule has 6 heteroatoms. The third-order valence-electron chi connectivity index (χ3n) is 2.00. The van der Waals surface area contributed by atoms with Gasteiger partial charge in [0.15, 0.2) is 0 Å². The zero-order chi connectivity index (χ0) is 10.6. The van der Waals surface area contributed by atoms with Crippen LogP contribution in [0, 0.1) is 0 Å². The summed E-state index contributed by atoms with van der Waals surface area (Å²) >= 11 is 0. The summed E-state index contributed by atoms with van der Waals surface area (Å²) in [6, 6.07) is 0. The van der Waals surface area contributed by atoms with Crippen LogP contribution in [0.2, 0.25) is 0 Å². The van der Waals surface area contributed by atoms with Crippen LogP contribution in [-0.4, -0.2) is 15.0 Å². The minimum absolute atomic E-state index is 0.0997. The summed E-state index contributed by atoms with van der Waals surface area (Å²) in [6.07, 6.45) is 3.57.